The van der Waals surface area contributed by atoms with Gasteiger partial charge in [-0.15, -0.1) is 0 Å². The van der Waals surface area contributed by atoms with Gasteiger partial charge in [-0.05, 0) is 116 Å². The predicted octanol–water partition coefficient (Wildman–Crippen LogP) is 15.9. The van der Waals surface area contributed by atoms with Crippen molar-refractivity contribution in [1.29, 1.82) is 0 Å². The number of allylic oxidation sites excluding steroid dienone is 22. The number of quaternary nitrogens is 1. The molecule has 0 fully saturated rings. The van der Waals surface area contributed by atoms with Crippen molar-refractivity contribution in [1.82, 2.24) is 0 Å². The van der Waals surface area contributed by atoms with Crippen LogP contribution in [0.3, 0.4) is 0 Å². The third-order valence-corrected chi connectivity index (χ3v) is 11.6. The van der Waals surface area contributed by atoms with Crippen molar-refractivity contribution in [2.24, 2.45) is 0 Å². The van der Waals surface area contributed by atoms with Gasteiger partial charge in [0.25, 0.3) is 7.82 Å². The molecule has 0 aromatic rings. The van der Waals surface area contributed by atoms with Crippen molar-refractivity contribution in [3.63, 3.8) is 0 Å². The van der Waals surface area contributed by atoms with E-state index in [2.05, 4.69) is 148 Å². The summed E-state index contributed by atoms with van der Waals surface area (Å²) >= 11 is 0. The van der Waals surface area contributed by atoms with E-state index in [1.165, 1.54) is 32.1 Å². The average Bonchev–Trinajstić information content (AvgIpc) is 3.32. The third-order valence-electron chi connectivity index (χ3n) is 10.7. The van der Waals surface area contributed by atoms with Crippen LogP contribution in [-0.4, -0.2) is 70.0 Å². The second-order valence-electron chi connectivity index (χ2n) is 18.5. The molecule has 0 amide bonds. The van der Waals surface area contributed by atoms with Gasteiger partial charge in [-0.3, -0.25) is 14.2 Å². The van der Waals surface area contributed by atoms with Crippen LogP contribution in [0, 0.1) is 0 Å². The van der Waals surface area contributed by atoms with E-state index in [1.54, 1.807) is 0 Å². The molecule has 70 heavy (non-hydrogen) atoms. The fraction of sp³-hybridized carbons (Fsp3) is 0.600. The molecule has 0 bridgehead atoms. The first-order valence-corrected chi connectivity index (χ1v) is 28.4. The van der Waals surface area contributed by atoms with Gasteiger partial charge in [0.2, 0.25) is 0 Å². The highest BCUT2D eigenvalue weighted by Gasteiger charge is 2.21. The summed E-state index contributed by atoms with van der Waals surface area (Å²) in [5, 5.41) is 0. The zero-order chi connectivity index (χ0) is 51.3. The number of carbonyl (C=O) groups is 2. The number of ether oxygens (including phenoxy) is 2. The molecule has 10 heteroatoms. The smallest absolute Gasteiger partial charge is 0.306 e. The molecule has 0 aliphatic carbocycles. The second kappa shape index (κ2) is 50.1. The van der Waals surface area contributed by atoms with Crippen LogP contribution >= 0.6 is 7.82 Å². The Bertz CT molecular complexity index is 1640. The minimum absolute atomic E-state index is 0.0482. The standard InChI is InChI=1S/C60H98NO8P/c1-6-8-10-12-14-16-18-20-21-22-23-24-25-26-27-28-29-30-31-32-33-34-35-36-37-38-39-41-43-45-47-49-51-53-60(63)69-58(57-68-70(64,65)67-55-54-61(3,4)5)56-66-59(62)52-50-48-46-44-42-40-19-17-15-13-11-9-7-2/h8,10,14,16-17,19-21,23-24,26-27,29-30,32-33,35-36,38-39,43,45,58H,6-7,9,11-13,15,18,22,25,28,31,34,37,40-42,44,46-57H2,1-5H3/b10-8-,16-14-,19-17-,21-20-,24-23-,27-26-,30-29-,33-32-,36-35-,39-38-,45-43-. The lowest BCUT2D eigenvalue weighted by molar-refractivity contribution is -0.870. The lowest BCUT2D eigenvalue weighted by atomic mass is 10.1. The van der Waals surface area contributed by atoms with Gasteiger partial charge in [0.15, 0.2) is 6.10 Å². The number of rotatable bonds is 47. The van der Waals surface area contributed by atoms with E-state index >= 15 is 0 Å². The topological polar surface area (TPSA) is 111 Å². The largest absolute Gasteiger partial charge is 0.756 e. The lowest BCUT2D eigenvalue weighted by Gasteiger charge is -2.28. The van der Waals surface area contributed by atoms with E-state index in [0.717, 1.165) is 109 Å². The van der Waals surface area contributed by atoms with Crippen molar-refractivity contribution >= 4 is 19.8 Å². The molecule has 0 saturated carbocycles. The second-order valence-corrected chi connectivity index (χ2v) is 19.9. The van der Waals surface area contributed by atoms with Gasteiger partial charge in [0.1, 0.15) is 19.8 Å². The first-order chi connectivity index (χ1) is 34.0. The predicted molar refractivity (Wildman–Crippen MR) is 295 cm³/mol. The molecule has 396 valence electrons. The Morgan fingerprint density at radius 1 is 0.457 bits per heavy atom. The van der Waals surface area contributed by atoms with E-state index in [0.29, 0.717) is 23.9 Å². The van der Waals surface area contributed by atoms with Crippen molar-refractivity contribution in [2.75, 3.05) is 47.5 Å². The van der Waals surface area contributed by atoms with Crippen molar-refractivity contribution < 1.29 is 42.1 Å². The fourth-order valence-electron chi connectivity index (χ4n) is 6.50. The molecule has 2 atom stereocenters. The van der Waals surface area contributed by atoms with Crippen molar-refractivity contribution in [2.45, 2.75) is 187 Å². The number of hydrogen-bond acceptors (Lipinski definition) is 8. The van der Waals surface area contributed by atoms with Crippen LogP contribution in [0.4, 0.5) is 0 Å². The number of carbonyl (C=O) groups excluding carboxylic acids is 2. The Balaban J connectivity index is 4.31. The monoisotopic (exact) mass is 992 g/mol. The summed E-state index contributed by atoms with van der Waals surface area (Å²) in [5.74, 6) is -0.908. The van der Waals surface area contributed by atoms with Crippen LogP contribution in [0.1, 0.15) is 181 Å². The molecule has 0 aliphatic rings. The van der Waals surface area contributed by atoms with Crippen LogP contribution in [0.25, 0.3) is 0 Å². The Labute approximate surface area is 428 Å². The van der Waals surface area contributed by atoms with Crippen LogP contribution < -0.4 is 4.89 Å². The summed E-state index contributed by atoms with van der Waals surface area (Å²) in [5.41, 5.74) is 0. The highest BCUT2D eigenvalue weighted by Crippen LogP contribution is 2.38. The van der Waals surface area contributed by atoms with E-state index in [-0.39, 0.29) is 26.1 Å². The summed E-state index contributed by atoms with van der Waals surface area (Å²) in [7, 11) is 1.11. The number of unbranched alkanes of at least 4 members (excludes halogenated alkanes) is 11. The molecular formula is C60H98NO8P. The minimum Gasteiger partial charge on any atom is -0.756 e. The first kappa shape index (κ1) is 66.2. The molecule has 0 N–H and O–H groups in total. The zero-order valence-electron chi connectivity index (χ0n) is 44.7. The molecule has 0 spiro atoms. The number of hydrogen-bond donors (Lipinski definition) is 0. The fourth-order valence-corrected chi connectivity index (χ4v) is 7.23. The number of phosphoric ester groups is 1. The van der Waals surface area contributed by atoms with Crippen molar-refractivity contribution in [3.8, 4) is 0 Å². The maximum atomic E-state index is 12.7. The van der Waals surface area contributed by atoms with Gasteiger partial charge in [0, 0.05) is 12.8 Å². The SMILES string of the molecule is CC/C=C\C/C=C\C/C=C\C/C=C\C/C=C\C/C=C\C/C=C\C/C=C\C/C=C\C/C=C\CCCCC(=O)OC(COC(=O)CCCCCCC/C=C\CCCCCC)COP(=O)([O-])OCC[N+](C)(C)C. The Kier molecular flexibility index (Phi) is 47.3. The molecule has 2 unspecified atom stereocenters. The lowest BCUT2D eigenvalue weighted by Crippen LogP contribution is -2.37. The molecule has 0 heterocycles. The summed E-state index contributed by atoms with van der Waals surface area (Å²) in [6.07, 6.45) is 72.1. The van der Waals surface area contributed by atoms with Gasteiger partial charge >= 0.3 is 11.9 Å². The number of phosphoric acid groups is 1. The molecule has 0 rings (SSSR count). The summed E-state index contributed by atoms with van der Waals surface area (Å²) in [6.45, 7) is 4.01. The van der Waals surface area contributed by atoms with Crippen LogP contribution in [-0.2, 0) is 32.7 Å². The summed E-state index contributed by atoms with van der Waals surface area (Å²) in [4.78, 5) is 37.7. The van der Waals surface area contributed by atoms with E-state index in [4.69, 9.17) is 18.5 Å². The van der Waals surface area contributed by atoms with Crippen LogP contribution in [0.2, 0.25) is 0 Å². The van der Waals surface area contributed by atoms with Gasteiger partial charge in [-0.2, -0.15) is 0 Å². The summed E-state index contributed by atoms with van der Waals surface area (Å²) < 4.78 is 33.9. The van der Waals surface area contributed by atoms with E-state index in [9.17, 15) is 19.0 Å². The highest BCUT2D eigenvalue weighted by atomic mass is 31.2. The van der Waals surface area contributed by atoms with E-state index in [1.807, 2.05) is 21.1 Å². The zero-order valence-corrected chi connectivity index (χ0v) is 45.5. The molecule has 0 radical (unpaired) electrons. The van der Waals surface area contributed by atoms with Gasteiger partial charge in [0.05, 0.1) is 27.7 Å². The first-order valence-electron chi connectivity index (χ1n) is 26.9. The van der Waals surface area contributed by atoms with Gasteiger partial charge in [-0.25, -0.2) is 0 Å². The average molecular weight is 992 g/mol. The molecule has 0 aliphatic heterocycles. The number of likely N-dealkylation sites (N-methyl/N-ethyl adjacent to an activating group) is 1. The molecule has 0 saturated heterocycles. The number of esters is 2. The van der Waals surface area contributed by atoms with Crippen LogP contribution in [0.15, 0.2) is 134 Å². The normalized spacial score (nSPS) is 14.4. The maximum Gasteiger partial charge on any atom is 0.306 e. The van der Waals surface area contributed by atoms with Crippen molar-refractivity contribution in [3.05, 3.63) is 134 Å². The molecule has 0 aromatic heterocycles. The van der Waals surface area contributed by atoms with Gasteiger partial charge in [-0.1, -0.05) is 186 Å². The number of nitrogens with zero attached hydrogens (tertiary/aromatic N) is 1. The van der Waals surface area contributed by atoms with Gasteiger partial charge < -0.3 is 27.9 Å². The Hall–Kier alpha value is -3.85. The Morgan fingerprint density at radius 2 is 0.814 bits per heavy atom. The third kappa shape index (κ3) is 53.5. The highest BCUT2D eigenvalue weighted by molar-refractivity contribution is 7.45. The molecular weight excluding hydrogens is 894 g/mol. The maximum absolute atomic E-state index is 12.7. The summed E-state index contributed by atoms with van der Waals surface area (Å²) in [6, 6.07) is 0. The Morgan fingerprint density at radius 3 is 1.26 bits per heavy atom. The van der Waals surface area contributed by atoms with Crippen LogP contribution in [0.5, 0.6) is 0 Å². The molecule has 9 nitrogen and oxygen atoms in total. The minimum atomic E-state index is -4.65. The molecule has 0 aromatic carbocycles. The quantitative estimate of drug-likeness (QED) is 0.0195. The van der Waals surface area contributed by atoms with E-state index < -0.39 is 32.5 Å².